The fraction of sp³-hybridized carbons (Fsp3) is 0.133. The smallest absolute Gasteiger partial charge is 0.170 e. The third kappa shape index (κ3) is 2.71. The lowest BCUT2D eigenvalue weighted by molar-refractivity contribution is 0.318. The number of ether oxygens (including phenoxy) is 1. The highest BCUT2D eigenvalue weighted by atomic mass is 19.1. The molecule has 0 amide bonds. The van der Waals surface area contributed by atoms with E-state index in [1.165, 1.54) is 12.1 Å². The molecule has 0 aliphatic rings. The van der Waals surface area contributed by atoms with Crippen molar-refractivity contribution in [3.8, 4) is 11.5 Å². The molecule has 2 aromatic rings. The minimum atomic E-state index is -0.574. The molecule has 0 bridgehead atoms. The number of benzene rings is 2. The molecule has 4 nitrogen and oxygen atoms in total. The summed E-state index contributed by atoms with van der Waals surface area (Å²) in [7, 11) is 0. The van der Waals surface area contributed by atoms with Crippen LogP contribution >= 0.6 is 0 Å². The van der Waals surface area contributed by atoms with Crippen LogP contribution in [0.2, 0.25) is 0 Å². The van der Waals surface area contributed by atoms with Gasteiger partial charge in [0.1, 0.15) is 5.75 Å². The van der Waals surface area contributed by atoms with Crippen molar-refractivity contribution in [2.45, 2.75) is 13.8 Å². The van der Waals surface area contributed by atoms with Gasteiger partial charge in [-0.15, -0.1) is 0 Å². The maximum absolute atomic E-state index is 13.9. The van der Waals surface area contributed by atoms with Crippen LogP contribution in [0.15, 0.2) is 41.6 Å². The van der Waals surface area contributed by atoms with Crippen LogP contribution in [-0.2, 0) is 0 Å². The normalized spacial score (nSPS) is 11.4. The van der Waals surface area contributed by atoms with Gasteiger partial charge in [0.25, 0.3) is 0 Å². The van der Waals surface area contributed by atoms with Gasteiger partial charge in [-0.3, -0.25) is 0 Å². The van der Waals surface area contributed by atoms with E-state index in [0.29, 0.717) is 11.3 Å². The maximum atomic E-state index is 13.9. The summed E-state index contributed by atoms with van der Waals surface area (Å²) in [5, 5.41) is 11.4. The highest BCUT2D eigenvalue weighted by Crippen LogP contribution is 2.29. The van der Waals surface area contributed by atoms with Crippen molar-refractivity contribution in [1.29, 1.82) is 0 Å². The van der Waals surface area contributed by atoms with Crippen LogP contribution in [-0.4, -0.2) is 11.0 Å². The van der Waals surface area contributed by atoms with Gasteiger partial charge in [0.05, 0.1) is 0 Å². The van der Waals surface area contributed by atoms with E-state index >= 15 is 0 Å². The van der Waals surface area contributed by atoms with Gasteiger partial charge in [0, 0.05) is 5.56 Å². The van der Waals surface area contributed by atoms with E-state index in [1.54, 1.807) is 6.07 Å². The molecule has 0 atom stereocenters. The van der Waals surface area contributed by atoms with E-state index < -0.39 is 5.82 Å². The first-order valence-electron chi connectivity index (χ1n) is 6.04. The molecule has 0 fully saturated rings. The number of amidine groups is 1. The molecule has 0 heterocycles. The Balaban J connectivity index is 2.33. The molecular formula is C15H15FN2O2. The Bertz CT molecular complexity index is 669. The second kappa shape index (κ2) is 5.61. The van der Waals surface area contributed by atoms with Crippen LogP contribution in [0.4, 0.5) is 4.39 Å². The number of oxime groups is 1. The number of nitrogens with two attached hydrogens (primary N) is 1. The summed E-state index contributed by atoms with van der Waals surface area (Å²) >= 11 is 0. The number of rotatable bonds is 3. The van der Waals surface area contributed by atoms with Crippen LogP contribution in [0, 0.1) is 19.7 Å². The summed E-state index contributed by atoms with van der Waals surface area (Å²) in [6.45, 7) is 3.87. The van der Waals surface area contributed by atoms with Crippen molar-refractivity contribution in [2.24, 2.45) is 10.9 Å². The number of halogens is 1. The highest BCUT2D eigenvalue weighted by Gasteiger charge is 2.10. The van der Waals surface area contributed by atoms with Crippen LogP contribution in [0.3, 0.4) is 0 Å². The fourth-order valence-electron chi connectivity index (χ4n) is 1.75. The second-order valence-electron chi connectivity index (χ2n) is 4.43. The molecule has 0 spiro atoms. The molecule has 0 aromatic heterocycles. The lowest BCUT2D eigenvalue weighted by atomic mass is 10.1. The van der Waals surface area contributed by atoms with Crippen molar-refractivity contribution < 1.29 is 14.3 Å². The molecular weight excluding hydrogens is 259 g/mol. The largest absolute Gasteiger partial charge is 0.454 e. The molecule has 0 unspecified atom stereocenters. The van der Waals surface area contributed by atoms with E-state index in [1.807, 2.05) is 26.0 Å². The van der Waals surface area contributed by atoms with Gasteiger partial charge in [-0.05, 0) is 49.2 Å². The lowest BCUT2D eigenvalue weighted by Crippen LogP contribution is -2.13. The number of aryl methyl sites for hydroxylation is 1. The number of hydrogen-bond acceptors (Lipinski definition) is 3. The zero-order chi connectivity index (χ0) is 14.7. The van der Waals surface area contributed by atoms with E-state index in [2.05, 4.69) is 5.16 Å². The number of hydrogen-bond donors (Lipinski definition) is 2. The predicted molar refractivity (Wildman–Crippen MR) is 74.9 cm³/mol. The minimum absolute atomic E-state index is 0.0909. The molecule has 104 valence electrons. The Labute approximate surface area is 116 Å². The first-order valence-corrected chi connectivity index (χ1v) is 6.04. The Morgan fingerprint density at radius 1 is 1.20 bits per heavy atom. The summed E-state index contributed by atoms with van der Waals surface area (Å²) < 4.78 is 19.5. The van der Waals surface area contributed by atoms with Gasteiger partial charge >= 0.3 is 0 Å². The lowest BCUT2D eigenvalue weighted by Gasteiger charge is -2.11. The molecule has 0 saturated heterocycles. The first-order chi connectivity index (χ1) is 9.52. The Hall–Kier alpha value is -2.56. The van der Waals surface area contributed by atoms with Crippen molar-refractivity contribution in [1.82, 2.24) is 0 Å². The van der Waals surface area contributed by atoms with Crippen LogP contribution < -0.4 is 10.5 Å². The average Bonchev–Trinajstić information content (AvgIpc) is 2.45. The highest BCUT2D eigenvalue weighted by molar-refractivity contribution is 5.97. The molecule has 0 aliphatic carbocycles. The zero-order valence-electron chi connectivity index (χ0n) is 11.2. The third-order valence-electron chi connectivity index (χ3n) is 3.11. The van der Waals surface area contributed by atoms with E-state index in [9.17, 15) is 4.39 Å². The van der Waals surface area contributed by atoms with Gasteiger partial charge in [-0.1, -0.05) is 17.3 Å². The standard InChI is InChI=1S/C15H15FN2O2/c1-9-4-3-5-13(10(9)2)20-14-7-6-11(8-12(14)16)15(17)18-19/h3-8,19H,1-2H3,(H2,17,18). The Kier molecular flexibility index (Phi) is 3.89. The summed E-state index contributed by atoms with van der Waals surface area (Å²) in [4.78, 5) is 0. The molecule has 5 heteroatoms. The summed E-state index contributed by atoms with van der Waals surface area (Å²) in [5.41, 5.74) is 7.71. The Morgan fingerprint density at radius 2 is 1.95 bits per heavy atom. The van der Waals surface area contributed by atoms with Crippen LogP contribution in [0.1, 0.15) is 16.7 Å². The van der Waals surface area contributed by atoms with Crippen LogP contribution in [0.5, 0.6) is 11.5 Å². The summed E-state index contributed by atoms with van der Waals surface area (Å²) in [6, 6.07) is 9.72. The van der Waals surface area contributed by atoms with Crippen molar-refractivity contribution >= 4 is 5.84 Å². The predicted octanol–water partition coefficient (Wildman–Crippen LogP) is 3.33. The summed E-state index contributed by atoms with van der Waals surface area (Å²) in [6.07, 6.45) is 0. The first kappa shape index (κ1) is 13.9. The van der Waals surface area contributed by atoms with Crippen LogP contribution in [0.25, 0.3) is 0 Å². The molecule has 0 radical (unpaired) electrons. The molecule has 2 rings (SSSR count). The van der Waals surface area contributed by atoms with Gasteiger partial charge < -0.3 is 15.7 Å². The van der Waals surface area contributed by atoms with Crippen molar-refractivity contribution in [3.63, 3.8) is 0 Å². The topological polar surface area (TPSA) is 67.8 Å². The fourth-order valence-corrected chi connectivity index (χ4v) is 1.75. The van der Waals surface area contributed by atoms with Gasteiger partial charge in [0.2, 0.25) is 0 Å². The Morgan fingerprint density at radius 3 is 2.60 bits per heavy atom. The van der Waals surface area contributed by atoms with Crippen molar-refractivity contribution in [2.75, 3.05) is 0 Å². The van der Waals surface area contributed by atoms with E-state index in [4.69, 9.17) is 15.7 Å². The average molecular weight is 274 g/mol. The molecule has 2 aromatic carbocycles. The summed E-state index contributed by atoms with van der Waals surface area (Å²) in [5.74, 6) is -0.0363. The molecule has 0 saturated carbocycles. The molecule has 3 N–H and O–H groups in total. The molecule has 20 heavy (non-hydrogen) atoms. The third-order valence-corrected chi connectivity index (χ3v) is 3.11. The maximum Gasteiger partial charge on any atom is 0.170 e. The molecule has 0 aliphatic heterocycles. The SMILES string of the molecule is Cc1cccc(Oc2ccc(/C(N)=N/O)cc2F)c1C. The van der Waals surface area contributed by atoms with Gasteiger partial charge in [-0.25, -0.2) is 4.39 Å². The van der Waals surface area contributed by atoms with Gasteiger partial charge in [-0.2, -0.15) is 0 Å². The minimum Gasteiger partial charge on any atom is -0.454 e. The monoisotopic (exact) mass is 274 g/mol. The van der Waals surface area contributed by atoms with Gasteiger partial charge in [0.15, 0.2) is 17.4 Å². The number of nitrogens with zero attached hydrogens (tertiary/aromatic N) is 1. The van der Waals surface area contributed by atoms with E-state index in [0.717, 1.165) is 17.2 Å². The quantitative estimate of drug-likeness (QED) is 0.390. The second-order valence-corrected chi connectivity index (χ2v) is 4.43. The van der Waals surface area contributed by atoms with E-state index in [-0.39, 0.29) is 11.6 Å². The zero-order valence-corrected chi connectivity index (χ0v) is 11.2. The van der Waals surface area contributed by atoms with Crippen molar-refractivity contribution in [3.05, 3.63) is 58.9 Å².